The van der Waals surface area contributed by atoms with Crippen LogP contribution in [-0.4, -0.2) is 27.4 Å². The van der Waals surface area contributed by atoms with E-state index in [1.165, 1.54) is 29.8 Å². The summed E-state index contributed by atoms with van der Waals surface area (Å²) in [6, 6.07) is 23.0. The molecule has 0 fully saturated rings. The summed E-state index contributed by atoms with van der Waals surface area (Å²) < 4.78 is 9.00. The standard InChI is InChI=1S/C29H22N4O3S2/c1-18-24(28(35)36-2)26(22-14-9-15-37-22)33-27(34)23(38-29(33)30-18)16-20-17-32(21-12-7-4-8-13-21)31-25(20)19-10-5-3-6-11-19/h3-17,26H,1-2H3. The van der Waals surface area contributed by atoms with Crippen LogP contribution in [0.1, 0.15) is 23.4 Å². The molecule has 1 atom stereocenters. The third kappa shape index (κ3) is 4.15. The van der Waals surface area contributed by atoms with E-state index in [0.29, 0.717) is 20.6 Å². The highest BCUT2D eigenvalue weighted by Crippen LogP contribution is 2.33. The molecule has 7 nitrogen and oxygen atoms in total. The number of thiazole rings is 1. The van der Waals surface area contributed by atoms with E-state index in [0.717, 1.165) is 27.4 Å². The van der Waals surface area contributed by atoms with Crippen molar-refractivity contribution in [3.63, 3.8) is 0 Å². The van der Waals surface area contributed by atoms with Crippen molar-refractivity contribution in [2.24, 2.45) is 4.99 Å². The molecule has 6 rings (SSSR count). The second-order valence-corrected chi connectivity index (χ2v) is 10.7. The Morgan fingerprint density at radius 2 is 1.76 bits per heavy atom. The van der Waals surface area contributed by atoms with E-state index in [4.69, 9.17) is 9.84 Å². The Kier molecular flexibility index (Phi) is 6.22. The largest absolute Gasteiger partial charge is 0.466 e. The first kappa shape index (κ1) is 24.0. The van der Waals surface area contributed by atoms with Crippen molar-refractivity contribution >= 4 is 34.7 Å². The van der Waals surface area contributed by atoms with Crippen molar-refractivity contribution in [2.75, 3.05) is 7.11 Å². The van der Waals surface area contributed by atoms with Gasteiger partial charge in [-0.25, -0.2) is 14.5 Å². The van der Waals surface area contributed by atoms with E-state index < -0.39 is 12.0 Å². The molecule has 0 bridgehead atoms. The van der Waals surface area contributed by atoms with Crippen LogP contribution in [0.5, 0.6) is 0 Å². The number of fused-ring (bicyclic) bond motifs is 1. The molecule has 0 N–H and O–H groups in total. The first-order chi connectivity index (χ1) is 18.5. The molecule has 0 aliphatic carbocycles. The number of ether oxygens (including phenoxy) is 1. The molecule has 1 unspecified atom stereocenters. The third-order valence-corrected chi connectivity index (χ3v) is 8.24. The summed E-state index contributed by atoms with van der Waals surface area (Å²) in [4.78, 5) is 32.7. The van der Waals surface area contributed by atoms with E-state index in [9.17, 15) is 9.59 Å². The lowest BCUT2D eigenvalue weighted by Gasteiger charge is -2.22. The number of thiophene rings is 1. The molecule has 0 spiro atoms. The van der Waals surface area contributed by atoms with Crippen molar-refractivity contribution in [3.05, 3.63) is 126 Å². The highest BCUT2D eigenvalue weighted by molar-refractivity contribution is 7.10. The van der Waals surface area contributed by atoms with Crippen LogP contribution in [0.25, 0.3) is 23.0 Å². The van der Waals surface area contributed by atoms with Gasteiger partial charge in [0.25, 0.3) is 5.56 Å². The molecular formula is C29H22N4O3S2. The Morgan fingerprint density at radius 1 is 1.03 bits per heavy atom. The van der Waals surface area contributed by atoms with Crippen LogP contribution in [-0.2, 0) is 9.53 Å². The maximum absolute atomic E-state index is 13.9. The van der Waals surface area contributed by atoms with Crippen molar-refractivity contribution in [1.82, 2.24) is 14.3 Å². The number of hydrogen-bond acceptors (Lipinski definition) is 7. The lowest BCUT2D eigenvalue weighted by Crippen LogP contribution is -2.39. The van der Waals surface area contributed by atoms with Crippen LogP contribution in [0, 0.1) is 0 Å². The Bertz CT molecular complexity index is 1850. The minimum atomic E-state index is -0.596. The van der Waals surface area contributed by atoms with Crippen LogP contribution in [0.15, 0.2) is 105 Å². The van der Waals surface area contributed by atoms with Crippen LogP contribution >= 0.6 is 22.7 Å². The average Bonchev–Trinajstić information content (AvgIpc) is 3.69. The van der Waals surface area contributed by atoms with Gasteiger partial charge in [-0.2, -0.15) is 5.10 Å². The molecule has 3 aromatic heterocycles. The molecule has 0 saturated carbocycles. The van der Waals surface area contributed by atoms with E-state index >= 15 is 0 Å². The number of allylic oxidation sites excluding steroid dienone is 1. The van der Waals surface area contributed by atoms with Crippen LogP contribution in [0.2, 0.25) is 0 Å². The molecule has 4 heterocycles. The van der Waals surface area contributed by atoms with E-state index in [-0.39, 0.29) is 5.56 Å². The number of nitrogens with zero attached hydrogens (tertiary/aromatic N) is 4. The Hall–Kier alpha value is -4.34. The molecule has 0 amide bonds. The van der Waals surface area contributed by atoms with Gasteiger partial charge in [0.05, 0.1) is 34.3 Å². The monoisotopic (exact) mass is 538 g/mol. The van der Waals surface area contributed by atoms with Gasteiger partial charge >= 0.3 is 5.97 Å². The number of hydrogen-bond donors (Lipinski definition) is 0. The molecule has 0 radical (unpaired) electrons. The summed E-state index contributed by atoms with van der Waals surface area (Å²) in [7, 11) is 1.34. The number of esters is 1. The van der Waals surface area contributed by atoms with Gasteiger partial charge in [0, 0.05) is 22.2 Å². The Labute approximate surface area is 225 Å². The maximum atomic E-state index is 13.9. The average molecular weight is 539 g/mol. The van der Waals surface area contributed by atoms with Crippen molar-refractivity contribution in [3.8, 4) is 16.9 Å². The Morgan fingerprint density at radius 3 is 2.45 bits per heavy atom. The zero-order valence-corrected chi connectivity index (χ0v) is 22.2. The number of aromatic nitrogens is 3. The zero-order valence-electron chi connectivity index (χ0n) is 20.6. The molecule has 2 aromatic carbocycles. The zero-order chi connectivity index (χ0) is 26.2. The van der Waals surface area contributed by atoms with E-state index in [1.807, 2.05) is 95.1 Å². The predicted octanol–water partition coefficient (Wildman–Crippen LogP) is 4.32. The van der Waals surface area contributed by atoms with Gasteiger partial charge in [0.1, 0.15) is 6.04 Å². The van der Waals surface area contributed by atoms with Gasteiger partial charge in [0.2, 0.25) is 0 Å². The number of rotatable bonds is 5. The lowest BCUT2D eigenvalue weighted by atomic mass is 10.0. The van der Waals surface area contributed by atoms with Gasteiger partial charge in [-0.3, -0.25) is 9.36 Å². The minimum Gasteiger partial charge on any atom is -0.466 e. The van der Waals surface area contributed by atoms with Crippen molar-refractivity contribution in [2.45, 2.75) is 13.0 Å². The van der Waals surface area contributed by atoms with Gasteiger partial charge in [-0.1, -0.05) is 65.9 Å². The number of carbonyl (C=O) groups is 1. The van der Waals surface area contributed by atoms with Crippen LogP contribution in [0.4, 0.5) is 0 Å². The number of benzene rings is 2. The summed E-state index contributed by atoms with van der Waals surface area (Å²) in [5.74, 6) is -0.491. The fraction of sp³-hybridized carbons (Fsp3) is 0.103. The SMILES string of the molecule is COC(=O)C1=C(C)N=c2sc(=Cc3cn(-c4ccccc4)nc3-c3ccccc3)c(=O)n2C1c1cccs1. The minimum absolute atomic E-state index is 0.215. The highest BCUT2D eigenvalue weighted by Gasteiger charge is 2.33. The van der Waals surface area contributed by atoms with E-state index in [2.05, 4.69) is 4.99 Å². The fourth-order valence-corrected chi connectivity index (χ4v) is 6.44. The number of methoxy groups -OCH3 is 1. The van der Waals surface area contributed by atoms with Gasteiger partial charge in [-0.05, 0) is 36.6 Å². The molecule has 1 aliphatic rings. The second kappa shape index (κ2) is 9.85. The van der Waals surface area contributed by atoms with Crippen molar-refractivity contribution < 1.29 is 9.53 Å². The first-order valence-corrected chi connectivity index (χ1v) is 13.6. The predicted molar refractivity (Wildman–Crippen MR) is 149 cm³/mol. The van der Waals surface area contributed by atoms with Crippen molar-refractivity contribution in [1.29, 1.82) is 0 Å². The van der Waals surface area contributed by atoms with E-state index in [1.54, 1.807) is 11.5 Å². The molecule has 188 valence electrons. The molecule has 38 heavy (non-hydrogen) atoms. The third-order valence-electron chi connectivity index (χ3n) is 6.34. The van der Waals surface area contributed by atoms with Gasteiger partial charge in [-0.15, -0.1) is 11.3 Å². The summed E-state index contributed by atoms with van der Waals surface area (Å²) in [5.41, 5.74) is 4.14. The topological polar surface area (TPSA) is 78.5 Å². The van der Waals surface area contributed by atoms with Crippen LogP contribution in [0.3, 0.4) is 0 Å². The normalized spacial score (nSPS) is 15.3. The lowest BCUT2D eigenvalue weighted by molar-refractivity contribution is -0.136. The molecule has 1 aliphatic heterocycles. The molecular weight excluding hydrogens is 516 g/mol. The summed E-state index contributed by atoms with van der Waals surface area (Å²) in [6.07, 6.45) is 3.79. The number of para-hydroxylation sites is 1. The summed E-state index contributed by atoms with van der Waals surface area (Å²) in [5, 5.41) is 6.79. The quantitative estimate of drug-likeness (QED) is 0.312. The molecule has 0 saturated heterocycles. The first-order valence-electron chi connectivity index (χ1n) is 11.9. The maximum Gasteiger partial charge on any atom is 0.338 e. The molecule has 9 heteroatoms. The number of carbonyl (C=O) groups excluding carboxylic acids is 1. The summed E-state index contributed by atoms with van der Waals surface area (Å²) >= 11 is 2.79. The Balaban J connectivity index is 1.56. The highest BCUT2D eigenvalue weighted by atomic mass is 32.1. The second-order valence-electron chi connectivity index (χ2n) is 8.67. The van der Waals surface area contributed by atoms with Gasteiger partial charge in [0.15, 0.2) is 4.80 Å². The smallest absolute Gasteiger partial charge is 0.338 e. The molecule has 5 aromatic rings. The van der Waals surface area contributed by atoms with Gasteiger partial charge < -0.3 is 4.74 Å². The van der Waals surface area contributed by atoms with Crippen LogP contribution < -0.4 is 14.9 Å². The summed E-state index contributed by atoms with van der Waals surface area (Å²) in [6.45, 7) is 1.78. The fourth-order valence-electron chi connectivity index (χ4n) is 4.58.